The molecule has 0 heterocycles. The smallest absolute Gasteiger partial charge is 0.0579 e. The standard InChI is InChI=1S/C13H22N2/c1-5-11(9(2)3)15-12-8-6-7-10(4)13(12)14/h6-9,11,15H,5,14H2,1-4H3. The molecule has 84 valence electrons. The molecule has 0 amide bonds. The zero-order valence-corrected chi connectivity index (χ0v) is 10.2. The van der Waals surface area contributed by atoms with Gasteiger partial charge in [-0.1, -0.05) is 32.9 Å². The van der Waals surface area contributed by atoms with Crippen molar-refractivity contribution in [2.45, 2.75) is 40.2 Å². The van der Waals surface area contributed by atoms with Crippen molar-refractivity contribution in [1.82, 2.24) is 0 Å². The van der Waals surface area contributed by atoms with Crippen molar-refractivity contribution >= 4 is 11.4 Å². The Hall–Kier alpha value is -1.18. The van der Waals surface area contributed by atoms with Crippen LogP contribution in [0.15, 0.2) is 18.2 Å². The Labute approximate surface area is 92.9 Å². The Morgan fingerprint density at radius 3 is 2.53 bits per heavy atom. The molecule has 0 radical (unpaired) electrons. The molecule has 3 N–H and O–H groups in total. The van der Waals surface area contributed by atoms with Gasteiger partial charge in [0, 0.05) is 6.04 Å². The van der Waals surface area contributed by atoms with E-state index in [0.29, 0.717) is 12.0 Å². The van der Waals surface area contributed by atoms with Crippen molar-refractivity contribution in [1.29, 1.82) is 0 Å². The Morgan fingerprint density at radius 2 is 2.00 bits per heavy atom. The van der Waals surface area contributed by atoms with Gasteiger partial charge in [0.25, 0.3) is 0 Å². The third-order valence-corrected chi connectivity index (χ3v) is 2.91. The van der Waals surface area contributed by atoms with Crippen molar-refractivity contribution in [2.75, 3.05) is 11.1 Å². The van der Waals surface area contributed by atoms with Crippen LogP contribution in [0.25, 0.3) is 0 Å². The summed E-state index contributed by atoms with van der Waals surface area (Å²) < 4.78 is 0. The van der Waals surface area contributed by atoms with E-state index in [2.05, 4.69) is 26.1 Å². The number of benzene rings is 1. The van der Waals surface area contributed by atoms with E-state index in [9.17, 15) is 0 Å². The monoisotopic (exact) mass is 206 g/mol. The van der Waals surface area contributed by atoms with Gasteiger partial charge >= 0.3 is 0 Å². The average molecular weight is 206 g/mol. The molecule has 2 heteroatoms. The molecule has 0 saturated heterocycles. The predicted molar refractivity (Wildman–Crippen MR) is 68.1 cm³/mol. The first-order chi connectivity index (χ1) is 7.06. The van der Waals surface area contributed by atoms with Crippen molar-refractivity contribution in [2.24, 2.45) is 5.92 Å². The second-order valence-corrected chi connectivity index (χ2v) is 4.44. The molecule has 0 aliphatic carbocycles. The molecule has 0 aromatic heterocycles. The Kier molecular flexibility index (Phi) is 4.01. The van der Waals surface area contributed by atoms with Crippen LogP contribution in [-0.4, -0.2) is 6.04 Å². The molecule has 0 saturated carbocycles. The number of aryl methyl sites for hydroxylation is 1. The summed E-state index contributed by atoms with van der Waals surface area (Å²) in [5.74, 6) is 0.620. The maximum absolute atomic E-state index is 6.02. The van der Waals surface area contributed by atoms with Crippen LogP contribution in [0, 0.1) is 12.8 Å². The summed E-state index contributed by atoms with van der Waals surface area (Å²) in [7, 11) is 0. The van der Waals surface area contributed by atoms with Gasteiger partial charge in [0.15, 0.2) is 0 Å². The number of nitrogens with two attached hydrogens (primary N) is 1. The molecule has 0 bridgehead atoms. The molecule has 0 fully saturated rings. The van der Waals surface area contributed by atoms with Crippen LogP contribution >= 0.6 is 0 Å². The van der Waals surface area contributed by atoms with Crippen molar-refractivity contribution in [3.05, 3.63) is 23.8 Å². The highest BCUT2D eigenvalue weighted by molar-refractivity contribution is 5.69. The molecule has 1 aromatic rings. The molecule has 0 aliphatic heterocycles. The summed E-state index contributed by atoms with van der Waals surface area (Å²) in [4.78, 5) is 0. The van der Waals surface area contributed by atoms with E-state index >= 15 is 0 Å². The number of hydrogen-bond donors (Lipinski definition) is 2. The molecular weight excluding hydrogens is 184 g/mol. The van der Waals surface area contributed by atoms with Gasteiger partial charge in [-0.25, -0.2) is 0 Å². The van der Waals surface area contributed by atoms with Gasteiger partial charge in [0.05, 0.1) is 11.4 Å². The largest absolute Gasteiger partial charge is 0.397 e. The SMILES string of the molecule is CCC(Nc1cccc(C)c1N)C(C)C. The quantitative estimate of drug-likeness (QED) is 0.741. The fraction of sp³-hybridized carbons (Fsp3) is 0.538. The number of anilines is 2. The second-order valence-electron chi connectivity index (χ2n) is 4.44. The van der Waals surface area contributed by atoms with Gasteiger partial charge in [-0.3, -0.25) is 0 Å². The number of hydrogen-bond acceptors (Lipinski definition) is 2. The number of nitrogen functional groups attached to an aromatic ring is 1. The van der Waals surface area contributed by atoms with E-state index < -0.39 is 0 Å². The summed E-state index contributed by atoms with van der Waals surface area (Å²) in [6, 6.07) is 6.62. The first-order valence-electron chi connectivity index (χ1n) is 5.67. The summed E-state index contributed by atoms with van der Waals surface area (Å²) >= 11 is 0. The van der Waals surface area contributed by atoms with Crippen LogP contribution < -0.4 is 11.1 Å². The summed E-state index contributed by atoms with van der Waals surface area (Å²) in [6.07, 6.45) is 1.12. The minimum atomic E-state index is 0.495. The van der Waals surface area contributed by atoms with Crippen LogP contribution in [0.2, 0.25) is 0 Å². The highest BCUT2D eigenvalue weighted by Gasteiger charge is 2.12. The fourth-order valence-electron chi connectivity index (χ4n) is 1.75. The maximum atomic E-state index is 6.02. The first kappa shape index (κ1) is 11.9. The molecule has 0 spiro atoms. The lowest BCUT2D eigenvalue weighted by atomic mass is 10.0. The van der Waals surface area contributed by atoms with Crippen LogP contribution in [0.1, 0.15) is 32.8 Å². The van der Waals surface area contributed by atoms with Gasteiger partial charge in [-0.05, 0) is 30.9 Å². The highest BCUT2D eigenvalue weighted by Crippen LogP contribution is 2.24. The lowest BCUT2D eigenvalue weighted by molar-refractivity contribution is 0.511. The van der Waals surface area contributed by atoms with E-state index in [4.69, 9.17) is 5.73 Å². The molecule has 0 aliphatic rings. The highest BCUT2D eigenvalue weighted by atomic mass is 14.9. The Morgan fingerprint density at radius 1 is 1.33 bits per heavy atom. The summed E-state index contributed by atoms with van der Waals surface area (Å²) in [5.41, 5.74) is 9.10. The maximum Gasteiger partial charge on any atom is 0.0579 e. The van der Waals surface area contributed by atoms with Crippen molar-refractivity contribution in [3.8, 4) is 0 Å². The summed E-state index contributed by atoms with van der Waals surface area (Å²) in [6.45, 7) is 8.70. The van der Waals surface area contributed by atoms with Gasteiger partial charge < -0.3 is 11.1 Å². The molecule has 15 heavy (non-hydrogen) atoms. The number of para-hydroxylation sites is 1. The molecule has 2 nitrogen and oxygen atoms in total. The molecular formula is C13H22N2. The van der Waals surface area contributed by atoms with E-state index in [-0.39, 0.29) is 0 Å². The zero-order valence-electron chi connectivity index (χ0n) is 10.2. The zero-order chi connectivity index (χ0) is 11.4. The van der Waals surface area contributed by atoms with Gasteiger partial charge in [-0.2, -0.15) is 0 Å². The minimum absolute atomic E-state index is 0.495. The van der Waals surface area contributed by atoms with E-state index in [1.165, 1.54) is 0 Å². The van der Waals surface area contributed by atoms with E-state index in [0.717, 1.165) is 23.4 Å². The van der Waals surface area contributed by atoms with Crippen LogP contribution in [-0.2, 0) is 0 Å². The van der Waals surface area contributed by atoms with Gasteiger partial charge in [0.2, 0.25) is 0 Å². The van der Waals surface area contributed by atoms with Crippen molar-refractivity contribution in [3.63, 3.8) is 0 Å². The molecule has 1 rings (SSSR count). The van der Waals surface area contributed by atoms with Crippen molar-refractivity contribution < 1.29 is 0 Å². The van der Waals surface area contributed by atoms with E-state index in [1.54, 1.807) is 0 Å². The first-order valence-corrected chi connectivity index (χ1v) is 5.67. The third-order valence-electron chi connectivity index (χ3n) is 2.91. The second kappa shape index (κ2) is 5.06. The number of rotatable bonds is 4. The molecule has 1 aromatic carbocycles. The minimum Gasteiger partial charge on any atom is -0.397 e. The van der Waals surface area contributed by atoms with Gasteiger partial charge in [0.1, 0.15) is 0 Å². The van der Waals surface area contributed by atoms with Gasteiger partial charge in [-0.15, -0.1) is 0 Å². The number of nitrogens with one attached hydrogen (secondary N) is 1. The topological polar surface area (TPSA) is 38.0 Å². The fourth-order valence-corrected chi connectivity index (χ4v) is 1.75. The Bertz CT molecular complexity index is 318. The molecule has 1 unspecified atom stereocenters. The lowest BCUT2D eigenvalue weighted by Crippen LogP contribution is -2.25. The molecule has 1 atom stereocenters. The predicted octanol–water partition coefficient (Wildman–Crippen LogP) is 3.42. The normalized spacial score (nSPS) is 12.9. The van der Waals surface area contributed by atoms with Crippen LogP contribution in [0.3, 0.4) is 0 Å². The third kappa shape index (κ3) is 2.88. The Balaban J connectivity index is 2.84. The van der Waals surface area contributed by atoms with E-state index in [1.807, 2.05) is 25.1 Å². The average Bonchev–Trinajstić information content (AvgIpc) is 2.19. The van der Waals surface area contributed by atoms with Crippen LogP contribution in [0.4, 0.5) is 11.4 Å². The summed E-state index contributed by atoms with van der Waals surface area (Å²) in [5, 5.41) is 3.51. The lowest BCUT2D eigenvalue weighted by Gasteiger charge is -2.23. The van der Waals surface area contributed by atoms with Crippen LogP contribution in [0.5, 0.6) is 0 Å².